The van der Waals surface area contributed by atoms with Gasteiger partial charge in [-0.2, -0.15) is 18.7 Å². The van der Waals surface area contributed by atoms with Crippen molar-refractivity contribution in [1.82, 2.24) is 26.3 Å². The van der Waals surface area contributed by atoms with Gasteiger partial charge in [-0.15, -0.1) is 0 Å². The molecule has 2 saturated heterocycles. The van der Waals surface area contributed by atoms with E-state index in [9.17, 15) is 18.0 Å². The van der Waals surface area contributed by atoms with Gasteiger partial charge >= 0.3 is 6.18 Å². The number of anilines is 1. The number of hydrazine groups is 2. The van der Waals surface area contributed by atoms with Crippen LogP contribution in [-0.2, 0) is 11.0 Å². The molecule has 132 valence electrons. The van der Waals surface area contributed by atoms with E-state index in [1.807, 2.05) is 4.90 Å². The summed E-state index contributed by atoms with van der Waals surface area (Å²) < 4.78 is 37.8. The molecular weight excluding hydrogens is 325 g/mol. The Hall–Kier alpha value is -1.91. The van der Waals surface area contributed by atoms with Crippen molar-refractivity contribution in [2.24, 2.45) is 0 Å². The maximum Gasteiger partial charge on any atom is 0.417 e. The average molecular weight is 344 g/mol. The Bertz CT molecular complexity index is 573. The Morgan fingerprint density at radius 2 is 2.04 bits per heavy atom. The summed E-state index contributed by atoms with van der Waals surface area (Å²) in [4.78, 5) is 20.0. The topological polar surface area (TPSA) is 72.5 Å². The van der Waals surface area contributed by atoms with Gasteiger partial charge in [0.15, 0.2) is 0 Å². The zero-order chi connectivity index (χ0) is 17.2. The first-order valence-corrected chi connectivity index (χ1v) is 7.75. The van der Waals surface area contributed by atoms with Crippen molar-refractivity contribution in [3.8, 4) is 0 Å². The molecule has 1 amide bonds. The van der Waals surface area contributed by atoms with Crippen molar-refractivity contribution in [2.45, 2.75) is 18.6 Å². The molecule has 2 aliphatic heterocycles. The standard InChI is InChI=1S/C14H19F3N6O/c15-14(16,17)10-2-3-12(18-8-10)22-4-1-5-23(7-6-22)13(24)11-9-19-21-20-11/h2-3,8,11,19-21H,1,4-7,9H2. The summed E-state index contributed by atoms with van der Waals surface area (Å²) >= 11 is 0. The normalized spacial score (nSPS) is 22.5. The molecule has 24 heavy (non-hydrogen) atoms. The van der Waals surface area contributed by atoms with Crippen molar-refractivity contribution in [3.63, 3.8) is 0 Å². The van der Waals surface area contributed by atoms with E-state index in [-0.39, 0.29) is 11.9 Å². The van der Waals surface area contributed by atoms with Crippen LogP contribution in [0.3, 0.4) is 0 Å². The number of amides is 1. The second-order valence-corrected chi connectivity index (χ2v) is 5.77. The lowest BCUT2D eigenvalue weighted by molar-refractivity contribution is -0.137. The van der Waals surface area contributed by atoms with E-state index in [2.05, 4.69) is 21.4 Å². The Morgan fingerprint density at radius 1 is 1.21 bits per heavy atom. The molecule has 3 N–H and O–H groups in total. The molecular formula is C14H19F3N6O. The first kappa shape index (κ1) is 16.9. The molecule has 1 aromatic heterocycles. The third-order valence-corrected chi connectivity index (χ3v) is 4.15. The molecule has 0 saturated carbocycles. The lowest BCUT2D eigenvalue weighted by Gasteiger charge is -2.24. The second-order valence-electron chi connectivity index (χ2n) is 5.77. The Balaban J connectivity index is 1.61. The number of carbonyl (C=O) groups excluding carboxylic acids is 1. The molecule has 3 heterocycles. The van der Waals surface area contributed by atoms with E-state index in [0.29, 0.717) is 38.5 Å². The van der Waals surface area contributed by atoms with Gasteiger partial charge in [0.25, 0.3) is 0 Å². The summed E-state index contributed by atoms with van der Waals surface area (Å²) in [5, 5.41) is 0. The molecule has 0 aromatic carbocycles. The van der Waals surface area contributed by atoms with Gasteiger partial charge in [-0.3, -0.25) is 4.79 Å². The average Bonchev–Trinajstić information content (AvgIpc) is 2.98. The van der Waals surface area contributed by atoms with Gasteiger partial charge in [0.1, 0.15) is 11.9 Å². The van der Waals surface area contributed by atoms with Gasteiger partial charge < -0.3 is 9.80 Å². The summed E-state index contributed by atoms with van der Waals surface area (Å²) in [6, 6.07) is 2.11. The first-order chi connectivity index (χ1) is 11.4. The SMILES string of the molecule is O=C(C1CNNN1)N1CCCN(c2ccc(C(F)(F)F)cn2)CC1. The maximum absolute atomic E-state index is 12.6. The highest BCUT2D eigenvalue weighted by molar-refractivity contribution is 5.82. The Morgan fingerprint density at radius 3 is 2.67 bits per heavy atom. The van der Waals surface area contributed by atoms with Crippen molar-refractivity contribution in [3.05, 3.63) is 23.9 Å². The smallest absolute Gasteiger partial charge is 0.355 e. The number of hydrogen-bond acceptors (Lipinski definition) is 6. The highest BCUT2D eigenvalue weighted by Crippen LogP contribution is 2.29. The first-order valence-electron chi connectivity index (χ1n) is 7.75. The van der Waals surface area contributed by atoms with Crippen LogP contribution < -0.4 is 21.3 Å². The lowest BCUT2D eigenvalue weighted by Crippen LogP contribution is -2.47. The fraction of sp³-hybridized carbons (Fsp3) is 0.571. The number of hydrogen-bond donors (Lipinski definition) is 3. The molecule has 1 atom stereocenters. The van der Waals surface area contributed by atoms with Crippen LogP contribution in [-0.4, -0.2) is 54.6 Å². The Labute approximate surface area is 137 Å². The van der Waals surface area contributed by atoms with E-state index >= 15 is 0 Å². The van der Waals surface area contributed by atoms with Gasteiger partial charge in [-0.25, -0.2) is 15.8 Å². The summed E-state index contributed by atoms with van der Waals surface area (Å²) in [5.74, 6) is 0.509. The number of nitrogens with zero attached hydrogens (tertiary/aromatic N) is 3. The molecule has 2 fully saturated rings. The predicted molar refractivity (Wildman–Crippen MR) is 80.7 cm³/mol. The monoisotopic (exact) mass is 344 g/mol. The highest BCUT2D eigenvalue weighted by Gasteiger charge is 2.31. The molecule has 1 aromatic rings. The molecule has 0 radical (unpaired) electrons. The van der Waals surface area contributed by atoms with Crippen molar-refractivity contribution >= 4 is 11.7 Å². The van der Waals surface area contributed by atoms with E-state index in [1.165, 1.54) is 6.07 Å². The number of rotatable bonds is 2. The minimum Gasteiger partial charge on any atom is -0.355 e. The second kappa shape index (κ2) is 6.91. The number of aromatic nitrogens is 1. The van der Waals surface area contributed by atoms with Crippen LogP contribution in [0, 0.1) is 0 Å². The molecule has 2 aliphatic rings. The molecule has 0 aliphatic carbocycles. The largest absolute Gasteiger partial charge is 0.417 e. The van der Waals surface area contributed by atoms with Crippen LogP contribution in [0.25, 0.3) is 0 Å². The summed E-state index contributed by atoms with van der Waals surface area (Å²) in [6.45, 7) is 2.84. The van der Waals surface area contributed by atoms with Gasteiger partial charge in [0, 0.05) is 38.9 Å². The third kappa shape index (κ3) is 3.77. The highest BCUT2D eigenvalue weighted by atomic mass is 19.4. The number of alkyl halides is 3. The minimum absolute atomic E-state index is 0.00901. The summed E-state index contributed by atoms with van der Waals surface area (Å²) in [6.07, 6.45) is -2.80. The van der Waals surface area contributed by atoms with Crippen LogP contribution in [0.2, 0.25) is 0 Å². The van der Waals surface area contributed by atoms with E-state index in [4.69, 9.17) is 0 Å². The fourth-order valence-corrected chi connectivity index (χ4v) is 2.82. The van der Waals surface area contributed by atoms with Crippen LogP contribution in [0.1, 0.15) is 12.0 Å². The van der Waals surface area contributed by atoms with Crippen molar-refractivity contribution in [1.29, 1.82) is 0 Å². The number of pyridine rings is 1. The van der Waals surface area contributed by atoms with Crippen LogP contribution in [0.15, 0.2) is 18.3 Å². The van der Waals surface area contributed by atoms with Gasteiger partial charge in [0.2, 0.25) is 5.91 Å². The Kier molecular flexibility index (Phi) is 4.88. The fourth-order valence-electron chi connectivity index (χ4n) is 2.82. The van der Waals surface area contributed by atoms with Crippen LogP contribution in [0.4, 0.5) is 19.0 Å². The number of carbonyl (C=O) groups is 1. The molecule has 0 spiro atoms. The van der Waals surface area contributed by atoms with Gasteiger partial charge in [-0.05, 0) is 18.6 Å². The van der Waals surface area contributed by atoms with Gasteiger partial charge in [0.05, 0.1) is 5.56 Å². The van der Waals surface area contributed by atoms with E-state index < -0.39 is 11.7 Å². The van der Waals surface area contributed by atoms with Crippen molar-refractivity contribution in [2.75, 3.05) is 37.6 Å². The maximum atomic E-state index is 12.6. The zero-order valence-corrected chi connectivity index (χ0v) is 12.9. The van der Waals surface area contributed by atoms with Gasteiger partial charge in [-0.1, -0.05) is 0 Å². The van der Waals surface area contributed by atoms with E-state index in [1.54, 1.807) is 4.90 Å². The number of halogens is 3. The molecule has 10 heteroatoms. The lowest BCUT2D eigenvalue weighted by atomic mass is 10.2. The predicted octanol–water partition coefficient (Wildman–Crippen LogP) is 0.120. The van der Waals surface area contributed by atoms with Crippen LogP contribution >= 0.6 is 0 Å². The summed E-state index contributed by atoms with van der Waals surface area (Å²) in [5.41, 5.74) is 7.63. The molecule has 1 unspecified atom stereocenters. The molecule has 0 bridgehead atoms. The summed E-state index contributed by atoms with van der Waals surface area (Å²) in [7, 11) is 0. The molecule has 7 nitrogen and oxygen atoms in total. The van der Waals surface area contributed by atoms with E-state index in [0.717, 1.165) is 18.7 Å². The number of nitrogens with one attached hydrogen (secondary N) is 3. The van der Waals surface area contributed by atoms with Crippen molar-refractivity contribution < 1.29 is 18.0 Å². The van der Waals surface area contributed by atoms with Crippen LogP contribution in [0.5, 0.6) is 0 Å². The third-order valence-electron chi connectivity index (χ3n) is 4.15. The zero-order valence-electron chi connectivity index (χ0n) is 12.9. The quantitative estimate of drug-likeness (QED) is 0.708. The minimum atomic E-state index is -4.39. The molecule has 3 rings (SSSR count).